The predicted molar refractivity (Wildman–Crippen MR) is 123 cm³/mol. The molecule has 3 fully saturated rings. The first kappa shape index (κ1) is 22.7. The first-order chi connectivity index (χ1) is 16.5. The first-order valence-electron chi connectivity index (χ1n) is 11.8. The second kappa shape index (κ2) is 9.27. The van der Waals surface area contributed by atoms with Crippen molar-refractivity contribution in [1.82, 2.24) is 9.96 Å². The fourth-order valence-electron chi connectivity index (χ4n) is 5.55. The molecule has 0 aromatic heterocycles. The van der Waals surface area contributed by atoms with Gasteiger partial charge in [0.1, 0.15) is 0 Å². The summed E-state index contributed by atoms with van der Waals surface area (Å²) in [5.41, 5.74) is 1.68. The molecular weight excluding hydrogens is 436 g/mol. The van der Waals surface area contributed by atoms with Gasteiger partial charge < -0.3 is 14.6 Å². The number of hydrogen-bond acceptors (Lipinski definition) is 7. The smallest absolute Gasteiger partial charge is 0.261 e. The fraction of sp³-hybridized carbons (Fsp3) is 0.462. The minimum atomic E-state index is -0.867. The highest BCUT2D eigenvalue weighted by atomic mass is 16.7. The largest absolute Gasteiger partial charge is 0.502 e. The number of hydrogen-bond donors (Lipinski definition) is 1. The van der Waals surface area contributed by atoms with Gasteiger partial charge in [-0.25, -0.2) is 0 Å². The molecule has 8 nitrogen and oxygen atoms in total. The van der Waals surface area contributed by atoms with Crippen LogP contribution in [-0.2, 0) is 21.0 Å². The number of hydroxylamine groups is 2. The topological polar surface area (TPSA) is 88.5 Å². The summed E-state index contributed by atoms with van der Waals surface area (Å²) >= 11 is 0. The number of nitrogens with zero attached hydrogens (tertiary/aromatic N) is 2. The van der Waals surface area contributed by atoms with E-state index in [2.05, 4.69) is 0 Å². The third kappa shape index (κ3) is 3.80. The van der Waals surface area contributed by atoms with Crippen LogP contribution in [0.25, 0.3) is 0 Å². The number of ether oxygens (including phenoxy) is 2. The van der Waals surface area contributed by atoms with E-state index in [1.807, 2.05) is 30.3 Å². The third-order valence-corrected chi connectivity index (χ3v) is 7.19. The zero-order chi connectivity index (χ0) is 23.8. The molecule has 2 heterocycles. The number of methoxy groups -OCH3 is 2. The molecule has 3 aliphatic rings. The molecule has 2 aromatic rings. The van der Waals surface area contributed by atoms with Crippen molar-refractivity contribution in [2.24, 2.45) is 5.92 Å². The molecule has 8 heteroatoms. The van der Waals surface area contributed by atoms with Gasteiger partial charge in [0.15, 0.2) is 17.6 Å². The molecule has 0 radical (unpaired) electrons. The van der Waals surface area contributed by atoms with Crippen LogP contribution in [0.4, 0.5) is 0 Å². The van der Waals surface area contributed by atoms with Crippen LogP contribution in [0.15, 0.2) is 42.5 Å². The molecule has 2 aromatic carbocycles. The van der Waals surface area contributed by atoms with Gasteiger partial charge in [0.05, 0.1) is 26.2 Å². The average Bonchev–Trinajstić information content (AvgIpc) is 3.35. The van der Waals surface area contributed by atoms with Crippen LogP contribution in [0.2, 0.25) is 0 Å². The number of benzene rings is 2. The summed E-state index contributed by atoms with van der Waals surface area (Å²) in [5, 5.41) is 12.1. The number of rotatable bonds is 6. The number of amides is 2. The molecule has 0 bridgehead atoms. The summed E-state index contributed by atoms with van der Waals surface area (Å²) in [6.45, 7) is 0.397. The fourth-order valence-corrected chi connectivity index (χ4v) is 5.55. The van der Waals surface area contributed by atoms with Gasteiger partial charge in [0, 0.05) is 12.6 Å². The number of fused-ring (bicyclic) bond motifs is 1. The van der Waals surface area contributed by atoms with Crippen molar-refractivity contribution in [3.8, 4) is 17.2 Å². The number of carbonyl (C=O) groups is 2. The highest BCUT2D eigenvalue weighted by Gasteiger charge is 2.60. The molecule has 5 rings (SSSR count). The molecule has 1 N–H and O–H groups in total. The van der Waals surface area contributed by atoms with Gasteiger partial charge in [-0.1, -0.05) is 49.6 Å². The molecule has 2 saturated heterocycles. The van der Waals surface area contributed by atoms with E-state index < -0.39 is 18.1 Å². The Bertz CT molecular complexity index is 1040. The lowest BCUT2D eigenvalue weighted by molar-refractivity contribution is -0.185. The summed E-state index contributed by atoms with van der Waals surface area (Å²) in [5.74, 6) is -0.765. The maximum absolute atomic E-state index is 13.7. The molecule has 34 heavy (non-hydrogen) atoms. The van der Waals surface area contributed by atoms with Crippen molar-refractivity contribution in [3.05, 3.63) is 53.6 Å². The summed E-state index contributed by atoms with van der Waals surface area (Å²) in [6, 6.07) is 12.5. The van der Waals surface area contributed by atoms with Crippen LogP contribution in [0, 0.1) is 5.92 Å². The normalized spacial score (nSPS) is 25.6. The van der Waals surface area contributed by atoms with Gasteiger partial charge in [-0.15, -0.1) is 0 Å². The van der Waals surface area contributed by atoms with Gasteiger partial charge in [-0.05, 0) is 36.1 Å². The van der Waals surface area contributed by atoms with Crippen LogP contribution in [-0.4, -0.2) is 53.2 Å². The Balaban J connectivity index is 1.55. The lowest BCUT2D eigenvalue weighted by Crippen LogP contribution is -2.44. The van der Waals surface area contributed by atoms with Gasteiger partial charge in [-0.2, -0.15) is 5.06 Å². The maximum atomic E-state index is 13.7. The number of phenolic OH excluding ortho intramolecular Hbond substituents is 1. The third-order valence-electron chi connectivity index (χ3n) is 7.19. The van der Waals surface area contributed by atoms with Crippen LogP contribution >= 0.6 is 0 Å². The van der Waals surface area contributed by atoms with Crippen molar-refractivity contribution in [1.29, 1.82) is 0 Å². The Kier molecular flexibility index (Phi) is 6.18. The van der Waals surface area contributed by atoms with Gasteiger partial charge in [0.2, 0.25) is 11.7 Å². The molecule has 1 aliphatic carbocycles. The minimum Gasteiger partial charge on any atom is -0.502 e. The quantitative estimate of drug-likeness (QED) is 0.651. The van der Waals surface area contributed by atoms with Gasteiger partial charge >= 0.3 is 0 Å². The molecule has 3 atom stereocenters. The van der Waals surface area contributed by atoms with Crippen LogP contribution < -0.4 is 9.47 Å². The predicted octanol–water partition coefficient (Wildman–Crippen LogP) is 3.58. The van der Waals surface area contributed by atoms with Crippen LogP contribution in [0.3, 0.4) is 0 Å². The lowest BCUT2D eigenvalue weighted by Gasteiger charge is -2.32. The Labute approximate surface area is 199 Å². The van der Waals surface area contributed by atoms with E-state index in [4.69, 9.17) is 14.3 Å². The standard InChI is InChI=1S/C26H30N2O6/c1-32-19-13-17(14-20(33-2)23(19)29)22-21-24(34-27(22)15-16-9-5-3-6-10-16)26(31)28(25(21)30)18-11-7-4-8-12-18/h3,5-6,9-10,13-14,18,21-22,24,29H,4,7-8,11-12,15H2,1-2H3. The van der Waals surface area contributed by atoms with E-state index in [-0.39, 0.29) is 35.1 Å². The summed E-state index contributed by atoms with van der Waals surface area (Å²) in [4.78, 5) is 34.9. The van der Waals surface area contributed by atoms with E-state index in [0.29, 0.717) is 12.1 Å². The first-order valence-corrected chi connectivity index (χ1v) is 11.8. The zero-order valence-electron chi connectivity index (χ0n) is 19.5. The van der Waals surface area contributed by atoms with Crippen molar-refractivity contribution in [3.63, 3.8) is 0 Å². The second-order valence-corrected chi connectivity index (χ2v) is 9.17. The molecule has 0 spiro atoms. The SMILES string of the molecule is COc1cc(C2C3C(=O)N(C4CCCCC4)C(=O)C3ON2Cc2ccccc2)cc(OC)c1O. The number of carbonyl (C=O) groups excluding carboxylic acids is 2. The highest BCUT2D eigenvalue weighted by Crippen LogP contribution is 2.49. The highest BCUT2D eigenvalue weighted by molar-refractivity contribution is 6.07. The summed E-state index contributed by atoms with van der Waals surface area (Å²) < 4.78 is 10.7. The zero-order valence-corrected chi connectivity index (χ0v) is 19.5. The Hall–Kier alpha value is -3.10. The number of phenols is 1. The van der Waals surface area contributed by atoms with E-state index >= 15 is 0 Å². The minimum absolute atomic E-state index is 0.0601. The maximum Gasteiger partial charge on any atom is 0.261 e. The average molecular weight is 467 g/mol. The Morgan fingerprint density at radius 3 is 2.24 bits per heavy atom. The molecule has 180 valence electrons. The molecular formula is C26H30N2O6. The second-order valence-electron chi connectivity index (χ2n) is 9.17. The van der Waals surface area contributed by atoms with E-state index in [0.717, 1.165) is 37.7 Å². The van der Waals surface area contributed by atoms with E-state index in [1.165, 1.54) is 19.1 Å². The van der Waals surface area contributed by atoms with Crippen molar-refractivity contribution >= 4 is 11.8 Å². The van der Waals surface area contributed by atoms with E-state index in [1.54, 1.807) is 17.2 Å². The van der Waals surface area contributed by atoms with Crippen molar-refractivity contribution in [2.45, 2.75) is 56.8 Å². The Morgan fingerprint density at radius 1 is 0.971 bits per heavy atom. The lowest BCUT2D eigenvalue weighted by atomic mass is 9.90. The number of imide groups is 1. The van der Waals surface area contributed by atoms with Crippen LogP contribution in [0.1, 0.15) is 49.3 Å². The van der Waals surface area contributed by atoms with Crippen molar-refractivity contribution in [2.75, 3.05) is 14.2 Å². The molecule has 1 saturated carbocycles. The Morgan fingerprint density at radius 2 is 1.62 bits per heavy atom. The molecule has 2 amide bonds. The van der Waals surface area contributed by atoms with Gasteiger partial charge in [0.25, 0.3) is 5.91 Å². The number of aromatic hydroxyl groups is 1. The van der Waals surface area contributed by atoms with E-state index in [9.17, 15) is 14.7 Å². The van der Waals surface area contributed by atoms with Gasteiger partial charge in [-0.3, -0.25) is 19.3 Å². The van der Waals surface area contributed by atoms with Crippen LogP contribution in [0.5, 0.6) is 17.2 Å². The summed E-state index contributed by atoms with van der Waals surface area (Å²) in [6.07, 6.45) is 4.00. The number of likely N-dealkylation sites (tertiary alicyclic amines) is 1. The van der Waals surface area contributed by atoms with Crippen molar-refractivity contribution < 1.29 is 29.0 Å². The molecule has 3 unspecified atom stereocenters. The summed E-state index contributed by atoms with van der Waals surface area (Å²) in [7, 11) is 2.92. The molecule has 2 aliphatic heterocycles. The monoisotopic (exact) mass is 466 g/mol.